The van der Waals surface area contributed by atoms with Gasteiger partial charge in [-0.25, -0.2) is 9.59 Å². The molecule has 2 aromatic rings. The highest BCUT2D eigenvalue weighted by Crippen LogP contribution is 2.30. The van der Waals surface area contributed by atoms with Gasteiger partial charge in [-0.3, -0.25) is 14.9 Å². The van der Waals surface area contributed by atoms with Gasteiger partial charge in [0.1, 0.15) is 11.6 Å². The zero-order valence-electron chi connectivity index (χ0n) is 17.0. The number of nitro groups is 1. The van der Waals surface area contributed by atoms with Gasteiger partial charge in [0.05, 0.1) is 16.5 Å². The van der Waals surface area contributed by atoms with Gasteiger partial charge in [-0.2, -0.15) is 0 Å². The quantitative estimate of drug-likeness (QED) is 0.293. The van der Waals surface area contributed by atoms with E-state index >= 15 is 0 Å². The summed E-state index contributed by atoms with van der Waals surface area (Å²) in [5.74, 6) is -1.43. The zero-order valence-corrected chi connectivity index (χ0v) is 18.7. The summed E-state index contributed by atoms with van der Waals surface area (Å²) >= 11 is 2.15. The smallest absolute Gasteiger partial charge is 0.367 e. The monoisotopic (exact) mass is 479 g/mol. The molecule has 3 N–H and O–H groups in total. The lowest BCUT2D eigenvalue weighted by molar-refractivity contribution is -0.384. The first kappa shape index (κ1) is 23.7. The number of non-ortho nitro benzene ring substituents is 1. The van der Waals surface area contributed by atoms with Crippen molar-refractivity contribution in [3.8, 4) is 0 Å². The Morgan fingerprint density at radius 2 is 2.06 bits per heavy atom. The van der Waals surface area contributed by atoms with Crippen molar-refractivity contribution in [2.45, 2.75) is 37.7 Å². The van der Waals surface area contributed by atoms with E-state index in [-0.39, 0.29) is 29.0 Å². The molecule has 2 heterocycles. The molecule has 1 aromatic carbocycles. The number of aromatic carboxylic acids is 1. The van der Waals surface area contributed by atoms with Crippen LogP contribution in [0.5, 0.6) is 0 Å². The van der Waals surface area contributed by atoms with Gasteiger partial charge in [0.25, 0.3) is 5.69 Å². The largest absolute Gasteiger partial charge is 0.478 e. The van der Waals surface area contributed by atoms with Crippen LogP contribution >= 0.6 is 23.1 Å². The Morgan fingerprint density at radius 1 is 1.34 bits per heavy atom. The number of carboxylic acid groups (broad SMARTS) is 1. The molecule has 1 fully saturated rings. The highest BCUT2D eigenvalue weighted by Gasteiger charge is 2.32. The summed E-state index contributed by atoms with van der Waals surface area (Å²) in [6.07, 6.45) is 0.938. The standard InChI is InChI=1S/C20H21N3O7S2/c1-2-12-10-31-18(16(12)19(25)26)22-17(24)15-7-14(8-21-15)32-20(27)30-9-11-3-5-13(6-4-11)23(28)29/h3-6,10,14-15,21H,2,7-9H2,1H3,(H,22,24)(H,25,26)/t14-,15-/m0/s1. The van der Waals surface area contributed by atoms with Gasteiger partial charge in [-0.15, -0.1) is 11.3 Å². The summed E-state index contributed by atoms with van der Waals surface area (Å²) in [4.78, 5) is 46.3. The second-order valence-electron chi connectivity index (χ2n) is 7.01. The van der Waals surface area contributed by atoms with Crippen molar-refractivity contribution in [3.05, 3.63) is 56.5 Å². The first-order chi connectivity index (χ1) is 15.3. The van der Waals surface area contributed by atoms with Crippen molar-refractivity contribution >= 4 is 51.0 Å². The number of carboxylic acids is 1. The molecule has 0 aliphatic carbocycles. The number of carbonyl (C=O) groups excluding carboxylic acids is 2. The maximum Gasteiger partial charge on any atom is 0.367 e. The highest BCUT2D eigenvalue weighted by atomic mass is 32.2. The van der Waals surface area contributed by atoms with E-state index in [9.17, 15) is 29.6 Å². The second kappa shape index (κ2) is 10.6. The molecule has 2 atom stereocenters. The number of nitrogens with zero attached hydrogens (tertiary/aromatic N) is 1. The SMILES string of the molecule is CCc1csc(NC(=O)[C@@H]2C[C@H](SC(=O)OCc3ccc([N+](=O)[O-])cc3)CN2)c1C(=O)O. The first-order valence-corrected chi connectivity index (χ1v) is 11.5. The number of benzene rings is 1. The number of rotatable bonds is 8. The maximum absolute atomic E-state index is 12.6. The number of thiophene rings is 1. The number of hydrogen-bond donors (Lipinski definition) is 3. The number of thioether (sulfide) groups is 1. The molecule has 0 bridgehead atoms. The average Bonchev–Trinajstić information content (AvgIpc) is 3.39. The van der Waals surface area contributed by atoms with Gasteiger partial charge < -0.3 is 20.5 Å². The van der Waals surface area contributed by atoms with Gasteiger partial charge in [-0.1, -0.05) is 6.92 Å². The zero-order chi connectivity index (χ0) is 23.3. The molecule has 1 amide bonds. The third-order valence-corrected chi connectivity index (χ3v) is 6.82. The van der Waals surface area contributed by atoms with Crippen LogP contribution in [-0.4, -0.2) is 45.0 Å². The van der Waals surface area contributed by atoms with Crippen LogP contribution in [0.4, 0.5) is 15.5 Å². The number of aryl methyl sites for hydroxylation is 1. The summed E-state index contributed by atoms with van der Waals surface area (Å²) in [5.41, 5.74) is 1.37. The lowest BCUT2D eigenvalue weighted by atomic mass is 10.1. The Hall–Kier alpha value is -2.96. The number of anilines is 1. The third kappa shape index (κ3) is 5.84. The van der Waals surface area contributed by atoms with Crippen molar-refractivity contribution in [2.75, 3.05) is 11.9 Å². The molecule has 1 saturated heterocycles. The Kier molecular flexibility index (Phi) is 7.83. The van der Waals surface area contributed by atoms with Gasteiger partial charge >= 0.3 is 11.3 Å². The van der Waals surface area contributed by atoms with Crippen LogP contribution in [0.15, 0.2) is 29.6 Å². The lowest BCUT2D eigenvalue weighted by Crippen LogP contribution is -2.35. The molecule has 0 radical (unpaired) electrons. The van der Waals surface area contributed by atoms with E-state index in [2.05, 4.69) is 10.6 Å². The minimum Gasteiger partial charge on any atom is -0.478 e. The minimum absolute atomic E-state index is 0.00992. The normalized spacial score (nSPS) is 17.7. The van der Waals surface area contributed by atoms with Crippen LogP contribution in [0.1, 0.15) is 34.8 Å². The van der Waals surface area contributed by atoms with Crippen LogP contribution in [-0.2, 0) is 22.6 Å². The Balaban J connectivity index is 1.47. The van der Waals surface area contributed by atoms with E-state index < -0.39 is 22.2 Å². The average molecular weight is 480 g/mol. The molecule has 1 aliphatic heterocycles. The maximum atomic E-state index is 12.6. The van der Waals surface area contributed by atoms with Crippen LogP contribution < -0.4 is 10.6 Å². The number of ether oxygens (including phenoxy) is 1. The predicted molar refractivity (Wildman–Crippen MR) is 120 cm³/mol. The van der Waals surface area contributed by atoms with E-state index in [0.29, 0.717) is 35.5 Å². The van der Waals surface area contributed by atoms with Gasteiger partial charge in [0, 0.05) is 23.9 Å². The molecule has 170 valence electrons. The van der Waals surface area contributed by atoms with Crippen molar-refractivity contribution in [1.82, 2.24) is 5.32 Å². The summed E-state index contributed by atoms with van der Waals surface area (Å²) in [6.45, 7) is 2.26. The molecule has 1 aromatic heterocycles. The van der Waals surface area contributed by atoms with E-state index in [1.807, 2.05) is 6.92 Å². The first-order valence-electron chi connectivity index (χ1n) is 9.73. The molecular weight excluding hydrogens is 458 g/mol. The summed E-state index contributed by atoms with van der Waals surface area (Å²) in [6, 6.07) is 5.17. The Labute approximate surface area is 191 Å². The van der Waals surface area contributed by atoms with Crippen LogP contribution in [0, 0.1) is 10.1 Å². The fourth-order valence-electron chi connectivity index (χ4n) is 3.20. The molecule has 12 heteroatoms. The van der Waals surface area contributed by atoms with Crippen molar-refractivity contribution in [1.29, 1.82) is 0 Å². The van der Waals surface area contributed by atoms with E-state index in [0.717, 1.165) is 11.8 Å². The Morgan fingerprint density at radius 3 is 2.69 bits per heavy atom. The van der Waals surface area contributed by atoms with Gasteiger partial charge in [-0.05, 0) is 53.2 Å². The van der Waals surface area contributed by atoms with Crippen molar-refractivity contribution in [3.63, 3.8) is 0 Å². The predicted octanol–water partition coefficient (Wildman–Crippen LogP) is 3.66. The molecule has 0 spiro atoms. The highest BCUT2D eigenvalue weighted by molar-refractivity contribution is 8.13. The number of nitro benzene ring substituents is 1. The molecule has 32 heavy (non-hydrogen) atoms. The minimum atomic E-state index is -1.08. The summed E-state index contributed by atoms with van der Waals surface area (Å²) < 4.78 is 5.20. The number of amides is 1. The van der Waals surface area contributed by atoms with E-state index in [4.69, 9.17) is 4.74 Å². The molecule has 3 rings (SSSR count). The van der Waals surface area contributed by atoms with Crippen LogP contribution in [0.2, 0.25) is 0 Å². The second-order valence-corrected chi connectivity index (χ2v) is 9.13. The topological polar surface area (TPSA) is 148 Å². The van der Waals surface area contributed by atoms with E-state index in [1.54, 1.807) is 5.38 Å². The van der Waals surface area contributed by atoms with Gasteiger partial charge in [0.15, 0.2) is 0 Å². The summed E-state index contributed by atoms with van der Waals surface area (Å²) in [7, 11) is 0. The number of carbonyl (C=O) groups is 3. The molecular formula is C20H21N3O7S2. The van der Waals surface area contributed by atoms with Crippen LogP contribution in [0.3, 0.4) is 0 Å². The van der Waals surface area contributed by atoms with Crippen molar-refractivity contribution < 1.29 is 29.2 Å². The third-order valence-electron chi connectivity index (χ3n) is 4.87. The fourth-order valence-corrected chi connectivity index (χ4v) is 5.11. The van der Waals surface area contributed by atoms with Crippen molar-refractivity contribution in [2.24, 2.45) is 0 Å². The number of nitrogens with one attached hydrogen (secondary N) is 2. The molecule has 0 unspecified atom stereocenters. The summed E-state index contributed by atoms with van der Waals surface area (Å²) in [5, 5.41) is 27.2. The molecule has 10 nitrogen and oxygen atoms in total. The fraction of sp³-hybridized carbons (Fsp3) is 0.350. The lowest BCUT2D eigenvalue weighted by Gasteiger charge is -2.11. The number of hydrogen-bond acceptors (Lipinski definition) is 9. The molecule has 0 saturated carbocycles. The van der Waals surface area contributed by atoms with Crippen LogP contribution in [0.25, 0.3) is 0 Å². The van der Waals surface area contributed by atoms with Gasteiger partial charge in [0.2, 0.25) is 5.91 Å². The van der Waals surface area contributed by atoms with E-state index in [1.165, 1.54) is 35.6 Å². The molecule has 1 aliphatic rings. The Bertz CT molecular complexity index is 1020.